The van der Waals surface area contributed by atoms with Gasteiger partial charge in [0.05, 0.1) is 11.6 Å². The first-order valence-electron chi connectivity index (χ1n) is 8.11. The number of carbonyl (C=O) groups is 1. The summed E-state index contributed by atoms with van der Waals surface area (Å²) in [6, 6.07) is 15.2. The van der Waals surface area contributed by atoms with Crippen molar-refractivity contribution in [3.05, 3.63) is 77.4 Å². The van der Waals surface area contributed by atoms with Gasteiger partial charge in [-0.1, -0.05) is 30.3 Å². The molecule has 2 aromatic rings. The van der Waals surface area contributed by atoms with Gasteiger partial charge in [-0.05, 0) is 48.7 Å². The SMILES string of the molecule is C=CCN(Cc1ccc(C#N)cc1)C(=O)COc1cc(C)ccc1C. The molecule has 128 valence electrons. The molecule has 0 N–H and O–H groups in total. The summed E-state index contributed by atoms with van der Waals surface area (Å²) in [5, 5.41) is 8.86. The van der Waals surface area contributed by atoms with Crippen LogP contribution in [0, 0.1) is 25.2 Å². The van der Waals surface area contributed by atoms with Gasteiger partial charge in [0.2, 0.25) is 0 Å². The summed E-state index contributed by atoms with van der Waals surface area (Å²) in [5.74, 6) is 0.621. The second kappa shape index (κ2) is 8.70. The fourth-order valence-corrected chi connectivity index (χ4v) is 2.41. The minimum atomic E-state index is -0.106. The Morgan fingerprint density at radius 3 is 2.60 bits per heavy atom. The normalized spacial score (nSPS) is 9.96. The summed E-state index contributed by atoms with van der Waals surface area (Å²) in [5.41, 5.74) is 3.65. The molecule has 0 fully saturated rings. The number of nitriles is 1. The minimum absolute atomic E-state index is 0.0194. The third-order valence-corrected chi connectivity index (χ3v) is 3.85. The van der Waals surface area contributed by atoms with Gasteiger partial charge in [0.15, 0.2) is 6.61 Å². The number of hydrogen-bond acceptors (Lipinski definition) is 3. The number of carbonyl (C=O) groups excluding carboxylic acids is 1. The molecule has 1 amide bonds. The molecule has 0 saturated heterocycles. The molecule has 0 aromatic heterocycles. The largest absolute Gasteiger partial charge is 0.483 e. The molecule has 0 spiro atoms. The van der Waals surface area contributed by atoms with E-state index in [1.165, 1.54) is 0 Å². The van der Waals surface area contributed by atoms with E-state index in [0.717, 1.165) is 22.4 Å². The van der Waals surface area contributed by atoms with E-state index in [4.69, 9.17) is 10.00 Å². The molecule has 0 atom stereocenters. The predicted molar refractivity (Wildman–Crippen MR) is 98.2 cm³/mol. The number of rotatable bonds is 7. The van der Waals surface area contributed by atoms with E-state index in [2.05, 4.69) is 12.6 Å². The van der Waals surface area contributed by atoms with Crippen molar-refractivity contribution in [2.75, 3.05) is 13.2 Å². The van der Waals surface area contributed by atoms with Crippen LogP contribution in [0.2, 0.25) is 0 Å². The Balaban J connectivity index is 2.02. The second-order valence-electron chi connectivity index (χ2n) is 5.93. The molecule has 0 aliphatic carbocycles. The first-order chi connectivity index (χ1) is 12.0. The quantitative estimate of drug-likeness (QED) is 0.724. The highest BCUT2D eigenvalue weighted by molar-refractivity contribution is 5.78. The van der Waals surface area contributed by atoms with Gasteiger partial charge in [-0.15, -0.1) is 6.58 Å². The average molecular weight is 334 g/mol. The van der Waals surface area contributed by atoms with E-state index in [9.17, 15) is 4.79 Å². The Kier molecular flexibility index (Phi) is 6.36. The van der Waals surface area contributed by atoms with Crippen molar-refractivity contribution in [2.45, 2.75) is 20.4 Å². The molecule has 2 rings (SSSR count). The second-order valence-corrected chi connectivity index (χ2v) is 5.93. The van der Waals surface area contributed by atoms with Crippen molar-refractivity contribution in [1.82, 2.24) is 4.90 Å². The van der Waals surface area contributed by atoms with Gasteiger partial charge < -0.3 is 9.64 Å². The Labute approximate surface area is 149 Å². The molecule has 25 heavy (non-hydrogen) atoms. The number of amides is 1. The topological polar surface area (TPSA) is 53.3 Å². The average Bonchev–Trinajstić information content (AvgIpc) is 2.62. The highest BCUT2D eigenvalue weighted by atomic mass is 16.5. The van der Waals surface area contributed by atoms with Crippen LogP contribution >= 0.6 is 0 Å². The molecular formula is C21H22N2O2. The number of nitrogens with zero attached hydrogens (tertiary/aromatic N) is 2. The smallest absolute Gasteiger partial charge is 0.261 e. The van der Waals surface area contributed by atoms with Crippen LogP contribution in [-0.2, 0) is 11.3 Å². The van der Waals surface area contributed by atoms with Gasteiger partial charge >= 0.3 is 0 Å². The fourth-order valence-electron chi connectivity index (χ4n) is 2.41. The summed E-state index contributed by atoms with van der Waals surface area (Å²) in [6.45, 7) is 8.53. The highest BCUT2D eigenvalue weighted by Gasteiger charge is 2.14. The summed E-state index contributed by atoms with van der Waals surface area (Å²) < 4.78 is 5.71. The zero-order valence-electron chi connectivity index (χ0n) is 14.7. The molecule has 0 unspecified atom stereocenters. The standard InChI is InChI=1S/C21H22N2O2/c1-4-11-23(14-19-9-7-18(13-22)8-10-19)21(24)15-25-20-12-16(2)5-6-17(20)3/h4-10,12H,1,11,14-15H2,2-3H3. The minimum Gasteiger partial charge on any atom is -0.483 e. The molecule has 0 radical (unpaired) electrons. The van der Waals surface area contributed by atoms with Gasteiger partial charge in [0, 0.05) is 13.1 Å². The lowest BCUT2D eigenvalue weighted by molar-refractivity contribution is -0.133. The van der Waals surface area contributed by atoms with Crippen LogP contribution < -0.4 is 4.74 Å². The van der Waals surface area contributed by atoms with E-state index in [1.54, 1.807) is 23.1 Å². The monoisotopic (exact) mass is 334 g/mol. The highest BCUT2D eigenvalue weighted by Crippen LogP contribution is 2.19. The molecule has 0 aliphatic heterocycles. The summed E-state index contributed by atoms with van der Waals surface area (Å²) in [7, 11) is 0. The van der Waals surface area contributed by atoms with E-state index in [-0.39, 0.29) is 12.5 Å². The Morgan fingerprint density at radius 1 is 1.24 bits per heavy atom. The van der Waals surface area contributed by atoms with Crippen LogP contribution in [0.25, 0.3) is 0 Å². The third-order valence-electron chi connectivity index (χ3n) is 3.85. The summed E-state index contributed by atoms with van der Waals surface area (Å²) in [6.07, 6.45) is 1.69. The molecule has 0 bridgehead atoms. The predicted octanol–water partition coefficient (Wildman–Crippen LogP) is 3.77. The Bertz CT molecular complexity index is 789. The third kappa shape index (κ3) is 5.22. The summed E-state index contributed by atoms with van der Waals surface area (Å²) in [4.78, 5) is 14.2. The maximum atomic E-state index is 12.5. The molecule has 4 heteroatoms. The first-order valence-corrected chi connectivity index (χ1v) is 8.11. The maximum Gasteiger partial charge on any atom is 0.261 e. The van der Waals surface area contributed by atoms with Crippen LogP contribution in [-0.4, -0.2) is 24.0 Å². The molecule has 2 aromatic carbocycles. The van der Waals surface area contributed by atoms with Crippen LogP contribution in [0.3, 0.4) is 0 Å². The van der Waals surface area contributed by atoms with Crippen LogP contribution in [0.1, 0.15) is 22.3 Å². The Hall–Kier alpha value is -3.06. The van der Waals surface area contributed by atoms with Crippen molar-refractivity contribution >= 4 is 5.91 Å². The zero-order chi connectivity index (χ0) is 18.2. The van der Waals surface area contributed by atoms with Gasteiger partial charge in [-0.25, -0.2) is 0 Å². The van der Waals surface area contributed by atoms with E-state index >= 15 is 0 Å². The van der Waals surface area contributed by atoms with Gasteiger partial charge in [0.25, 0.3) is 5.91 Å². The molecule has 0 saturated carbocycles. The molecule has 4 nitrogen and oxygen atoms in total. The number of hydrogen-bond donors (Lipinski definition) is 0. The molecular weight excluding hydrogens is 312 g/mol. The van der Waals surface area contributed by atoms with E-state index < -0.39 is 0 Å². The van der Waals surface area contributed by atoms with Crippen LogP contribution in [0.15, 0.2) is 55.1 Å². The van der Waals surface area contributed by atoms with Gasteiger partial charge in [0.1, 0.15) is 5.75 Å². The zero-order valence-corrected chi connectivity index (χ0v) is 14.7. The van der Waals surface area contributed by atoms with Crippen LogP contribution in [0.4, 0.5) is 0 Å². The maximum absolute atomic E-state index is 12.5. The van der Waals surface area contributed by atoms with Crippen molar-refractivity contribution in [3.8, 4) is 11.8 Å². The lowest BCUT2D eigenvalue weighted by Gasteiger charge is -2.22. The van der Waals surface area contributed by atoms with Crippen LogP contribution in [0.5, 0.6) is 5.75 Å². The first kappa shape index (κ1) is 18.3. The lowest BCUT2D eigenvalue weighted by Crippen LogP contribution is -2.34. The number of aryl methyl sites for hydroxylation is 2. The Morgan fingerprint density at radius 2 is 1.96 bits per heavy atom. The number of benzene rings is 2. The fraction of sp³-hybridized carbons (Fsp3) is 0.238. The molecule has 0 heterocycles. The van der Waals surface area contributed by atoms with Crippen molar-refractivity contribution in [3.63, 3.8) is 0 Å². The van der Waals surface area contributed by atoms with E-state index in [0.29, 0.717) is 18.7 Å². The van der Waals surface area contributed by atoms with E-state index in [1.807, 2.05) is 44.2 Å². The number of ether oxygens (including phenoxy) is 1. The van der Waals surface area contributed by atoms with Crippen molar-refractivity contribution in [2.24, 2.45) is 0 Å². The van der Waals surface area contributed by atoms with Crippen molar-refractivity contribution < 1.29 is 9.53 Å². The summed E-state index contributed by atoms with van der Waals surface area (Å²) >= 11 is 0. The molecule has 0 aliphatic rings. The van der Waals surface area contributed by atoms with Gasteiger partial charge in [-0.2, -0.15) is 5.26 Å². The lowest BCUT2D eigenvalue weighted by atomic mass is 10.1. The van der Waals surface area contributed by atoms with Gasteiger partial charge in [-0.3, -0.25) is 4.79 Å². The van der Waals surface area contributed by atoms with Crippen molar-refractivity contribution in [1.29, 1.82) is 5.26 Å².